The molecular formula is C23H23FN2O4Si. The van der Waals surface area contributed by atoms with Crippen LogP contribution in [0, 0.1) is 0 Å². The Hall–Kier alpha value is -2.84. The summed E-state index contributed by atoms with van der Waals surface area (Å²) in [6.45, 7) is 5.82. The molecule has 0 amide bonds. The minimum Gasteiger partial charge on any atom is -0.458 e. The number of carbonyl (C=O) groups excluding carboxylic acids is 1. The molecule has 2 aliphatic rings. The monoisotopic (exact) mass is 438 g/mol. The lowest BCUT2D eigenvalue weighted by atomic mass is 9.86. The molecule has 3 aromatic rings. The van der Waals surface area contributed by atoms with Crippen LogP contribution in [0.2, 0.25) is 13.1 Å². The highest BCUT2D eigenvalue weighted by Gasteiger charge is 2.45. The molecule has 31 heavy (non-hydrogen) atoms. The molecule has 0 saturated heterocycles. The maximum Gasteiger partial charge on any atom is 0.343 e. The fraction of sp³-hybridized carbons (Fsp3) is 0.348. The summed E-state index contributed by atoms with van der Waals surface area (Å²) < 4.78 is 20.5. The molecule has 1 aromatic carbocycles. The number of hydrogen-bond donors (Lipinski definition) is 1. The first-order valence-electron chi connectivity index (χ1n) is 10.4. The zero-order valence-electron chi connectivity index (χ0n) is 17.7. The molecule has 6 nitrogen and oxygen atoms in total. The van der Waals surface area contributed by atoms with Crippen LogP contribution in [0.3, 0.4) is 0 Å². The maximum atomic E-state index is 13.8. The van der Waals surface area contributed by atoms with Crippen LogP contribution in [0.15, 0.2) is 35.1 Å². The summed E-state index contributed by atoms with van der Waals surface area (Å²) in [6, 6.07) is 9.52. The molecule has 1 atom stereocenters. The van der Waals surface area contributed by atoms with Gasteiger partial charge in [-0.05, 0) is 23.7 Å². The highest BCUT2D eigenvalue weighted by atomic mass is 28.3. The number of para-hydroxylation sites is 1. The van der Waals surface area contributed by atoms with Crippen LogP contribution in [-0.4, -0.2) is 35.0 Å². The molecule has 0 radical (unpaired) electrons. The second-order valence-electron chi connectivity index (χ2n) is 8.99. The average molecular weight is 439 g/mol. The fourth-order valence-corrected chi connectivity index (χ4v) is 6.16. The number of fused-ring (bicyclic) bond motifs is 5. The Bertz CT molecular complexity index is 1330. The number of nitrogens with zero attached hydrogens (tertiary/aromatic N) is 2. The fourth-order valence-electron chi connectivity index (χ4n) is 4.63. The van der Waals surface area contributed by atoms with Crippen LogP contribution < -0.4 is 10.7 Å². The molecule has 0 aliphatic carbocycles. The van der Waals surface area contributed by atoms with Crippen molar-refractivity contribution in [3.63, 3.8) is 0 Å². The summed E-state index contributed by atoms with van der Waals surface area (Å²) >= 11 is 0. The van der Waals surface area contributed by atoms with Gasteiger partial charge >= 0.3 is 5.97 Å². The minimum absolute atomic E-state index is 0.0974. The normalized spacial score (nSPS) is 19.7. The van der Waals surface area contributed by atoms with E-state index in [9.17, 15) is 19.1 Å². The Labute approximate surface area is 179 Å². The first-order chi connectivity index (χ1) is 14.7. The topological polar surface area (TPSA) is 81.4 Å². The van der Waals surface area contributed by atoms with Crippen molar-refractivity contribution < 1.29 is 19.0 Å². The lowest BCUT2D eigenvalue weighted by molar-refractivity contribution is -0.172. The van der Waals surface area contributed by atoms with E-state index in [-0.39, 0.29) is 24.9 Å². The van der Waals surface area contributed by atoms with Crippen molar-refractivity contribution in [1.82, 2.24) is 9.55 Å². The van der Waals surface area contributed by atoms with Gasteiger partial charge in [0.1, 0.15) is 14.7 Å². The molecule has 2 aliphatic heterocycles. The van der Waals surface area contributed by atoms with Crippen LogP contribution in [0.1, 0.15) is 30.0 Å². The van der Waals surface area contributed by atoms with Gasteiger partial charge in [-0.15, -0.1) is 0 Å². The number of halogens is 1. The summed E-state index contributed by atoms with van der Waals surface area (Å²) in [5.41, 5.74) is 1.30. The van der Waals surface area contributed by atoms with E-state index in [4.69, 9.17) is 9.72 Å². The average Bonchev–Trinajstić information content (AvgIpc) is 3.12. The highest BCUT2D eigenvalue weighted by Crippen LogP contribution is 2.38. The maximum absolute atomic E-state index is 13.8. The quantitative estimate of drug-likeness (QED) is 0.393. The number of esters is 1. The van der Waals surface area contributed by atoms with Crippen molar-refractivity contribution in [1.29, 1.82) is 0 Å². The Kier molecular flexibility index (Phi) is 4.26. The molecule has 4 heterocycles. The predicted octanol–water partition coefficient (Wildman–Crippen LogP) is 2.50. The smallest absolute Gasteiger partial charge is 0.343 e. The number of alkyl halides is 1. The van der Waals surface area contributed by atoms with E-state index in [1.54, 1.807) is 17.6 Å². The van der Waals surface area contributed by atoms with Gasteiger partial charge in [-0.3, -0.25) is 9.18 Å². The molecular weight excluding hydrogens is 415 g/mol. The summed E-state index contributed by atoms with van der Waals surface area (Å²) in [5, 5.41) is 12.8. The third kappa shape index (κ3) is 2.67. The van der Waals surface area contributed by atoms with Crippen molar-refractivity contribution in [3.8, 4) is 11.4 Å². The summed E-state index contributed by atoms with van der Waals surface area (Å²) in [6.07, 6.45) is -0.291. The Balaban J connectivity index is 1.79. The van der Waals surface area contributed by atoms with Gasteiger partial charge in [0, 0.05) is 16.5 Å². The number of cyclic esters (lactones) is 1. The van der Waals surface area contributed by atoms with E-state index in [0.717, 1.165) is 21.7 Å². The number of benzene rings is 1. The number of aromatic nitrogens is 2. The van der Waals surface area contributed by atoms with Crippen LogP contribution in [-0.2, 0) is 28.3 Å². The van der Waals surface area contributed by atoms with Crippen molar-refractivity contribution in [3.05, 3.63) is 57.4 Å². The minimum atomic E-state index is -2.31. The Morgan fingerprint density at radius 3 is 2.77 bits per heavy atom. The van der Waals surface area contributed by atoms with Crippen LogP contribution in [0.25, 0.3) is 22.3 Å². The highest BCUT2D eigenvalue weighted by molar-refractivity contribution is 6.91. The predicted molar refractivity (Wildman–Crippen MR) is 118 cm³/mol. The van der Waals surface area contributed by atoms with E-state index < -0.39 is 19.6 Å². The van der Waals surface area contributed by atoms with Gasteiger partial charge in [-0.1, -0.05) is 38.2 Å². The van der Waals surface area contributed by atoms with Gasteiger partial charge in [0.05, 0.1) is 35.3 Å². The second-order valence-corrected chi connectivity index (χ2v) is 13.6. The van der Waals surface area contributed by atoms with E-state index >= 15 is 0 Å². The second kappa shape index (κ2) is 6.58. The molecule has 8 heteroatoms. The van der Waals surface area contributed by atoms with Gasteiger partial charge < -0.3 is 14.4 Å². The lowest BCUT2D eigenvalue weighted by Gasteiger charge is -2.31. The van der Waals surface area contributed by atoms with Gasteiger partial charge in [0.15, 0.2) is 5.60 Å². The third-order valence-corrected chi connectivity index (χ3v) is 9.13. The van der Waals surface area contributed by atoms with Gasteiger partial charge in [-0.25, -0.2) is 9.78 Å². The summed E-state index contributed by atoms with van der Waals surface area (Å²) in [5.74, 6) is -0.741. The largest absolute Gasteiger partial charge is 0.458 e. The zero-order valence-corrected chi connectivity index (χ0v) is 18.7. The van der Waals surface area contributed by atoms with Gasteiger partial charge in [0.25, 0.3) is 5.56 Å². The van der Waals surface area contributed by atoms with E-state index in [1.165, 1.54) is 0 Å². The number of carbonyl (C=O) groups is 1. The number of hydrogen-bond acceptors (Lipinski definition) is 5. The Morgan fingerprint density at radius 1 is 1.29 bits per heavy atom. The van der Waals surface area contributed by atoms with E-state index in [1.807, 2.05) is 37.4 Å². The lowest BCUT2D eigenvalue weighted by Crippen LogP contribution is -2.44. The van der Waals surface area contributed by atoms with Crippen molar-refractivity contribution in [2.75, 3.05) is 6.30 Å². The zero-order chi connectivity index (χ0) is 22.1. The van der Waals surface area contributed by atoms with Gasteiger partial charge in [-0.2, -0.15) is 0 Å². The molecule has 0 saturated carbocycles. The first-order valence-corrected chi connectivity index (χ1v) is 13.6. The molecule has 0 unspecified atom stereocenters. The number of ether oxygens (including phenoxy) is 1. The number of rotatable bonds is 3. The molecule has 5 rings (SSSR count). The van der Waals surface area contributed by atoms with Crippen molar-refractivity contribution in [2.24, 2.45) is 0 Å². The van der Waals surface area contributed by atoms with E-state index in [0.29, 0.717) is 29.1 Å². The molecule has 0 fully saturated rings. The molecule has 0 spiro atoms. The summed E-state index contributed by atoms with van der Waals surface area (Å²) in [4.78, 5) is 30.4. The molecule has 1 N–H and O–H groups in total. The molecule has 160 valence electrons. The number of aliphatic hydroxyl groups is 1. The van der Waals surface area contributed by atoms with Gasteiger partial charge in [0.2, 0.25) is 0 Å². The summed E-state index contributed by atoms with van der Waals surface area (Å²) in [7, 11) is -2.31. The SMILES string of the molecule is CC[C@@]1(O)C(=O)OCc2c1cc1n(c2=O)Cc2cc3cccc([Si](C)(C)CF)c3nc2-1. The standard InChI is InChI=1S/C23H23FN2O4Si/c1-4-23(29)16-9-17-19-14(10-26(17)21(27)15(16)11-30-22(23)28)8-13-6-5-7-18(20(13)25-19)31(2,3)12-24/h5-9,29H,4,10-12H2,1-3H3/t23-/m0/s1. The van der Waals surface area contributed by atoms with Crippen LogP contribution >= 0.6 is 0 Å². The number of pyridine rings is 2. The van der Waals surface area contributed by atoms with E-state index in [2.05, 4.69) is 0 Å². The van der Waals surface area contributed by atoms with Crippen molar-refractivity contribution in [2.45, 2.75) is 45.2 Å². The van der Waals surface area contributed by atoms with Crippen LogP contribution in [0.5, 0.6) is 0 Å². The first kappa shape index (κ1) is 20.1. The third-order valence-electron chi connectivity index (χ3n) is 6.60. The van der Waals surface area contributed by atoms with Crippen LogP contribution in [0.4, 0.5) is 4.39 Å². The molecule has 0 bridgehead atoms. The Morgan fingerprint density at radius 2 is 2.06 bits per heavy atom. The van der Waals surface area contributed by atoms with Crippen molar-refractivity contribution >= 4 is 30.1 Å². The molecule has 2 aromatic heterocycles.